The van der Waals surface area contributed by atoms with E-state index in [1.165, 1.54) is 0 Å². The Labute approximate surface area is 93.5 Å². The van der Waals surface area contributed by atoms with Gasteiger partial charge >= 0.3 is 0 Å². The number of hydrogen-bond donors (Lipinski definition) is 1. The number of nitrogens with zero attached hydrogens (tertiary/aromatic N) is 2. The Morgan fingerprint density at radius 2 is 2.13 bits per heavy atom. The van der Waals surface area contributed by atoms with Gasteiger partial charge in [0.05, 0.1) is 12.2 Å². The number of benzene rings is 1. The Morgan fingerprint density at radius 1 is 1.47 bits per heavy atom. The van der Waals surface area contributed by atoms with E-state index < -0.39 is 0 Å². The predicted octanol–water partition coefficient (Wildman–Crippen LogP) is 1.58. The van der Waals surface area contributed by atoms with E-state index in [4.69, 9.17) is 16.9 Å². The second-order valence-corrected chi connectivity index (χ2v) is 4.07. The van der Waals surface area contributed by atoms with E-state index in [9.17, 15) is 5.11 Å². The molecule has 1 saturated heterocycles. The Morgan fingerprint density at radius 3 is 2.67 bits per heavy atom. The minimum Gasteiger partial charge on any atom is -0.390 e. The summed E-state index contributed by atoms with van der Waals surface area (Å²) in [6.45, 7) is 1.09. The van der Waals surface area contributed by atoms with Crippen molar-refractivity contribution in [3.63, 3.8) is 0 Å². The number of likely N-dealkylation sites (tertiary alicyclic amines) is 1. The van der Waals surface area contributed by atoms with E-state index >= 15 is 0 Å². The predicted molar refractivity (Wildman–Crippen MR) is 57.4 cm³/mol. The van der Waals surface area contributed by atoms with E-state index in [1.54, 1.807) is 6.07 Å². The standard InChI is InChI=1S/C11H11ClN2O/c12-10-4-2-1-3-9(10)11(5-13)14-6-8(15)7-14/h1-4,8,11,15H,6-7H2. The normalized spacial score (nSPS) is 19.3. The Hall–Kier alpha value is -1.08. The minimum absolute atomic E-state index is 0.302. The lowest BCUT2D eigenvalue weighted by Crippen LogP contribution is -2.51. The summed E-state index contributed by atoms with van der Waals surface area (Å²) in [4.78, 5) is 1.91. The van der Waals surface area contributed by atoms with Crippen LogP contribution in [0.3, 0.4) is 0 Å². The van der Waals surface area contributed by atoms with Gasteiger partial charge in [0.2, 0.25) is 0 Å². The summed E-state index contributed by atoms with van der Waals surface area (Å²) in [5.41, 5.74) is 0.813. The maximum atomic E-state index is 9.19. The van der Waals surface area contributed by atoms with E-state index in [1.807, 2.05) is 23.1 Å². The van der Waals surface area contributed by atoms with Gasteiger partial charge in [-0.15, -0.1) is 0 Å². The maximum Gasteiger partial charge on any atom is 0.125 e. The highest BCUT2D eigenvalue weighted by Gasteiger charge is 2.32. The molecular formula is C11H11ClN2O. The first-order valence-electron chi connectivity index (χ1n) is 4.78. The molecule has 78 valence electrons. The molecule has 1 aliphatic heterocycles. The molecule has 1 heterocycles. The summed E-state index contributed by atoms with van der Waals surface area (Å²) >= 11 is 6.02. The van der Waals surface area contributed by atoms with Crippen LogP contribution >= 0.6 is 11.6 Å². The second-order valence-electron chi connectivity index (χ2n) is 3.66. The summed E-state index contributed by atoms with van der Waals surface area (Å²) in [6.07, 6.45) is -0.302. The molecular weight excluding hydrogens is 212 g/mol. The van der Waals surface area contributed by atoms with Crippen LogP contribution in [0.2, 0.25) is 5.02 Å². The van der Waals surface area contributed by atoms with Gasteiger partial charge < -0.3 is 5.11 Å². The number of nitriles is 1. The van der Waals surface area contributed by atoms with Crippen molar-refractivity contribution in [2.45, 2.75) is 12.1 Å². The van der Waals surface area contributed by atoms with Crippen LogP contribution < -0.4 is 0 Å². The van der Waals surface area contributed by atoms with E-state index in [2.05, 4.69) is 6.07 Å². The molecule has 0 aliphatic carbocycles. The lowest BCUT2D eigenvalue weighted by atomic mass is 10.0. The van der Waals surface area contributed by atoms with Gasteiger partial charge in [0, 0.05) is 23.7 Å². The Kier molecular flexibility index (Phi) is 2.92. The number of aliphatic hydroxyl groups excluding tert-OH is 1. The van der Waals surface area contributed by atoms with Gasteiger partial charge in [-0.2, -0.15) is 5.26 Å². The average molecular weight is 223 g/mol. The smallest absolute Gasteiger partial charge is 0.125 e. The lowest BCUT2D eigenvalue weighted by molar-refractivity contribution is -0.0126. The van der Waals surface area contributed by atoms with Crippen molar-refractivity contribution < 1.29 is 5.11 Å². The van der Waals surface area contributed by atoms with Crippen LogP contribution in [0, 0.1) is 11.3 Å². The number of β-amino-alcohol motifs (C(OH)–C–C–N with tert-alkyl or cyclic N) is 1. The summed E-state index contributed by atoms with van der Waals surface area (Å²) in [6, 6.07) is 9.19. The molecule has 0 saturated carbocycles. The lowest BCUT2D eigenvalue weighted by Gasteiger charge is -2.39. The van der Waals surface area contributed by atoms with Crippen LogP contribution in [0.1, 0.15) is 11.6 Å². The third-order valence-electron chi connectivity index (χ3n) is 2.58. The highest BCUT2D eigenvalue weighted by molar-refractivity contribution is 6.31. The molecule has 0 amide bonds. The van der Waals surface area contributed by atoms with Crippen LogP contribution in [0.15, 0.2) is 24.3 Å². The maximum absolute atomic E-state index is 9.19. The third-order valence-corrected chi connectivity index (χ3v) is 2.92. The minimum atomic E-state index is -0.345. The molecule has 4 heteroatoms. The van der Waals surface area contributed by atoms with Crippen molar-refractivity contribution >= 4 is 11.6 Å². The van der Waals surface area contributed by atoms with Crippen molar-refractivity contribution in [1.82, 2.24) is 4.90 Å². The average Bonchev–Trinajstić information content (AvgIpc) is 2.19. The number of halogens is 1. The molecule has 0 radical (unpaired) electrons. The fourth-order valence-corrected chi connectivity index (χ4v) is 1.98. The van der Waals surface area contributed by atoms with Crippen LogP contribution in [0.5, 0.6) is 0 Å². The number of aliphatic hydroxyl groups is 1. The first-order chi connectivity index (χ1) is 7.22. The Bertz CT molecular complexity index is 396. The van der Waals surface area contributed by atoms with Crippen LogP contribution in [-0.2, 0) is 0 Å². The first kappa shape index (κ1) is 10.4. The van der Waals surface area contributed by atoms with Crippen molar-refractivity contribution in [1.29, 1.82) is 5.26 Å². The molecule has 1 N–H and O–H groups in total. The molecule has 1 aromatic rings. The number of rotatable bonds is 2. The largest absolute Gasteiger partial charge is 0.390 e. The molecule has 3 nitrogen and oxygen atoms in total. The summed E-state index contributed by atoms with van der Waals surface area (Å²) < 4.78 is 0. The zero-order valence-corrected chi connectivity index (χ0v) is 8.85. The van der Waals surface area contributed by atoms with E-state index in [0.29, 0.717) is 18.1 Å². The summed E-state index contributed by atoms with van der Waals surface area (Å²) in [5, 5.41) is 18.9. The molecule has 1 unspecified atom stereocenters. The Balaban J connectivity index is 2.21. The van der Waals surface area contributed by atoms with Crippen LogP contribution in [0.25, 0.3) is 0 Å². The molecule has 1 atom stereocenters. The quantitative estimate of drug-likeness (QED) is 0.827. The molecule has 1 aromatic carbocycles. The fraction of sp³-hybridized carbons (Fsp3) is 0.364. The van der Waals surface area contributed by atoms with E-state index in [-0.39, 0.29) is 12.1 Å². The van der Waals surface area contributed by atoms with Gasteiger partial charge in [-0.25, -0.2) is 0 Å². The van der Waals surface area contributed by atoms with Gasteiger partial charge in [-0.3, -0.25) is 4.90 Å². The van der Waals surface area contributed by atoms with Crippen molar-refractivity contribution in [2.75, 3.05) is 13.1 Å². The monoisotopic (exact) mass is 222 g/mol. The molecule has 1 aliphatic rings. The molecule has 0 spiro atoms. The molecule has 2 rings (SSSR count). The van der Waals surface area contributed by atoms with Crippen LogP contribution in [-0.4, -0.2) is 29.2 Å². The van der Waals surface area contributed by atoms with Crippen LogP contribution in [0.4, 0.5) is 0 Å². The zero-order chi connectivity index (χ0) is 10.8. The SMILES string of the molecule is N#CC(c1ccccc1Cl)N1CC(O)C1. The highest BCUT2D eigenvalue weighted by atomic mass is 35.5. The summed E-state index contributed by atoms with van der Waals surface area (Å²) in [7, 11) is 0. The fourth-order valence-electron chi connectivity index (χ4n) is 1.74. The second kappa shape index (κ2) is 4.19. The van der Waals surface area contributed by atoms with Gasteiger partial charge in [0.15, 0.2) is 0 Å². The highest BCUT2D eigenvalue weighted by Crippen LogP contribution is 2.29. The molecule has 15 heavy (non-hydrogen) atoms. The van der Waals surface area contributed by atoms with E-state index in [0.717, 1.165) is 5.56 Å². The first-order valence-corrected chi connectivity index (χ1v) is 5.16. The summed E-state index contributed by atoms with van der Waals surface area (Å²) in [5.74, 6) is 0. The van der Waals surface area contributed by atoms with Crippen molar-refractivity contribution in [2.24, 2.45) is 0 Å². The topological polar surface area (TPSA) is 47.3 Å². The third kappa shape index (κ3) is 1.98. The molecule has 1 fully saturated rings. The van der Waals surface area contributed by atoms with Gasteiger partial charge in [-0.05, 0) is 6.07 Å². The molecule has 0 aromatic heterocycles. The van der Waals surface area contributed by atoms with Gasteiger partial charge in [-0.1, -0.05) is 29.8 Å². The molecule has 0 bridgehead atoms. The van der Waals surface area contributed by atoms with Crippen molar-refractivity contribution in [3.05, 3.63) is 34.9 Å². The number of hydrogen-bond acceptors (Lipinski definition) is 3. The zero-order valence-electron chi connectivity index (χ0n) is 8.10. The van der Waals surface area contributed by atoms with Gasteiger partial charge in [0.1, 0.15) is 6.04 Å². The van der Waals surface area contributed by atoms with Gasteiger partial charge in [0.25, 0.3) is 0 Å². The van der Waals surface area contributed by atoms with Crippen molar-refractivity contribution in [3.8, 4) is 6.07 Å².